The van der Waals surface area contributed by atoms with Crippen molar-refractivity contribution < 1.29 is 27.5 Å². The molecule has 3 aromatic carbocycles. The lowest BCUT2D eigenvalue weighted by molar-refractivity contribution is 0.101. The molecule has 35 heavy (non-hydrogen) atoms. The number of rotatable bonds is 5. The van der Waals surface area contributed by atoms with Gasteiger partial charge in [0.2, 0.25) is 16.8 Å². The molecular formula is C25H23N3O6S. The van der Waals surface area contributed by atoms with Crippen LogP contribution in [0.2, 0.25) is 0 Å². The second-order valence-corrected chi connectivity index (χ2v) is 10.4. The zero-order valence-electron chi connectivity index (χ0n) is 19.1. The van der Waals surface area contributed by atoms with Gasteiger partial charge in [-0.1, -0.05) is 6.07 Å². The van der Waals surface area contributed by atoms with Gasteiger partial charge in [-0.2, -0.15) is 0 Å². The molecular weight excluding hydrogens is 470 g/mol. The SMILES string of the molecule is CC1Cc2cc(C(=O)Nc3cccc(NC(=O)c4ccc5c(c4)OCO5)c3)ccc2N1S(C)(=O)=O. The summed E-state index contributed by atoms with van der Waals surface area (Å²) in [5, 5.41) is 5.64. The van der Waals surface area contributed by atoms with Crippen molar-refractivity contribution in [1.29, 1.82) is 0 Å². The van der Waals surface area contributed by atoms with Gasteiger partial charge in [-0.25, -0.2) is 8.42 Å². The molecule has 10 heteroatoms. The minimum atomic E-state index is -3.40. The Balaban J connectivity index is 1.29. The number of benzene rings is 3. The van der Waals surface area contributed by atoms with Crippen molar-refractivity contribution in [2.45, 2.75) is 19.4 Å². The lowest BCUT2D eigenvalue weighted by Gasteiger charge is -2.21. The van der Waals surface area contributed by atoms with Crippen LogP contribution in [0.15, 0.2) is 60.7 Å². The molecule has 1 atom stereocenters. The summed E-state index contributed by atoms with van der Waals surface area (Å²) < 4.78 is 36.2. The number of hydrogen-bond donors (Lipinski definition) is 2. The van der Waals surface area contributed by atoms with Gasteiger partial charge in [0.25, 0.3) is 11.8 Å². The first-order valence-electron chi connectivity index (χ1n) is 10.9. The minimum Gasteiger partial charge on any atom is -0.454 e. The summed E-state index contributed by atoms with van der Waals surface area (Å²) in [5.74, 6) is 0.450. The highest BCUT2D eigenvalue weighted by Gasteiger charge is 2.32. The highest BCUT2D eigenvalue weighted by molar-refractivity contribution is 7.92. The van der Waals surface area contributed by atoms with E-state index in [4.69, 9.17) is 9.47 Å². The third kappa shape index (κ3) is 4.52. The fraction of sp³-hybridized carbons (Fsp3) is 0.200. The van der Waals surface area contributed by atoms with E-state index >= 15 is 0 Å². The molecule has 2 amide bonds. The number of nitrogens with one attached hydrogen (secondary N) is 2. The Hall–Kier alpha value is -4.05. The molecule has 180 valence electrons. The molecule has 2 N–H and O–H groups in total. The van der Waals surface area contributed by atoms with Crippen LogP contribution in [0.25, 0.3) is 0 Å². The first kappa shape index (κ1) is 22.7. The summed E-state index contributed by atoms with van der Waals surface area (Å²) in [5.41, 5.74) is 3.26. The maximum Gasteiger partial charge on any atom is 0.255 e. The Morgan fingerprint density at radius 2 is 1.51 bits per heavy atom. The molecule has 0 saturated carbocycles. The second kappa shape index (κ2) is 8.62. The molecule has 0 spiro atoms. The van der Waals surface area contributed by atoms with Crippen molar-refractivity contribution in [3.8, 4) is 11.5 Å². The lowest BCUT2D eigenvalue weighted by Crippen LogP contribution is -2.34. The monoisotopic (exact) mass is 493 g/mol. The number of ether oxygens (including phenoxy) is 2. The van der Waals surface area contributed by atoms with Crippen LogP contribution >= 0.6 is 0 Å². The van der Waals surface area contributed by atoms with E-state index in [1.54, 1.807) is 60.7 Å². The molecule has 0 aromatic heterocycles. The van der Waals surface area contributed by atoms with Crippen molar-refractivity contribution >= 4 is 38.9 Å². The third-order valence-corrected chi connectivity index (χ3v) is 7.14. The fourth-order valence-corrected chi connectivity index (χ4v) is 5.63. The molecule has 9 nitrogen and oxygen atoms in total. The fourth-order valence-electron chi connectivity index (χ4n) is 4.37. The van der Waals surface area contributed by atoms with Gasteiger partial charge in [-0.3, -0.25) is 13.9 Å². The topological polar surface area (TPSA) is 114 Å². The Morgan fingerprint density at radius 3 is 2.20 bits per heavy atom. The van der Waals surface area contributed by atoms with E-state index in [2.05, 4.69) is 10.6 Å². The van der Waals surface area contributed by atoms with Gasteiger partial charge in [-0.15, -0.1) is 0 Å². The molecule has 2 aliphatic heterocycles. The summed E-state index contributed by atoms with van der Waals surface area (Å²) in [6.07, 6.45) is 1.71. The first-order valence-corrected chi connectivity index (χ1v) is 12.8. The summed E-state index contributed by atoms with van der Waals surface area (Å²) in [6.45, 7) is 1.96. The molecule has 0 radical (unpaired) electrons. The average molecular weight is 494 g/mol. The van der Waals surface area contributed by atoms with Crippen LogP contribution in [0.4, 0.5) is 17.1 Å². The largest absolute Gasteiger partial charge is 0.454 e. The molecule has 5 rings (SSSR count). The van der Waals surface area contributed by atoms with E-state index in [9.17, 15) is 18.0 Å². The zero-order valence-corrected chi connectivity index (χ0v) is 19.9. The van der Waals surface area contributed by atoms with Gasteiger partial charge >= 0.3 is 0 Å². The lowest BCUT2D eigenvalue weighted by atomic mass is 10.1. The van der Waals surface area contributed by atoms with E-state index in [1.165, 1.54) is 10.6 Å². The summed E-state index contributed by atoms with van der Waals surface area (Å²) >= 11 is 0. The van der Waals surface area contributed by atoms with Crippen LogP contribution in [-0.4, -0.2) is 39.3 Å². The number of anilines is 3. The third-order valence-electron chi connectivity index (χ3n) is 5.87. The van der Waals surface area contributed by atoms with Crippen LogP contribution in [-0.2, 0) is 16.4 Å². The van der Waals surface area contributed by atoms with Crippen LogP contribution in [0, 0.1) is 0 Å². The molecule has 2 heterocycles. The highest BCUT2D eigenvalue weighted by atomic mass is 32.2. The molecule has 0 bridgehead atoms. The Bertz CT molecular complexity index is 1450. The number of carbonyl (C=O) groups excluding carboxylic acids is 2. The van der Waals surface area contributed by atoms with E-state index in [0.717, 1.165) is 5.56 Å². The van der Waals surface area contributed by atoms with Crippen LogP contribution in [0.1, 0.15) is 33.2 Å². The van der Waals surface area contributed by atoms with Crippen LogP contribution in [0.5, 0.6) is 11.5 Å². The van der Waals surface area contributed by atoms with E-state index in [0.29, 0.717) is 46.1 Å². The van der Waals surface area contributed by atoms with Gasteiger partial charge in [0, 0.05) is 28.5 Å². The predicted molar refractivity (Wildman–Crippen MR) is 132 cm³/mol. The minimum absolute atomic E-state index is 0.126. The van der Waals surface area contributed by atoms with Crippen molar-refractivity contribution in [2.24, 2.45) is 0 Å². The number of fused-ring (bicyclic) bond motifs is 2. The Morgan fingerprint density at radius 1 is 0.886 bits per heavy atom. The highest BCUT2D eigenvalue weighted by Crippen LogP contribution is 2.35. The number of hydrogen-bond acceptors (Lipinski definition) is 6. The van der Waals surface area contributed by atoms with Crippen molar-refractivity contribution in [2.75, 3.05) is 28.0 Å². The molecule has 0 fully saturated rings. The molecule has 2 aliphatic rings. The first-order chi connectivity index (χ1) is 16.7. The zero-order chi connectivity index (χ0) is 24.7. The van der Waals surface area contributed by atoms with Gasteiger partial charge in [0.1, 0.15) is 0 Å². The standard InChI is InChI=1S/C25H23N3O6S/c1-15-10-18-11-16(6-8-21(18)28(15)35(2,31)32)24(29)26-19-4-3-5-20(13-19)27-25(30)17-7-9-22-23(12-17)34-14-33-22/h3-9,11-13,15H,10,14H2,1-2H3,(H,26,29)(H,27,30). The summed E-state index contributed by atoms with van der Waals surface area (Å²) in [7, 11) is -3.40. The van der Waals surface area contributed by atoms with E-state index < -0.39 is 10.0 Å². The maximum absolute atomic E-state index is 12.9. The summed E-state index contributed by atoms with van der Waals surface area (Å²) in [6, 6.07) is 16.5. The van der Waals surface area contributed by atoms with Crippen LogP contribution < -0.4 is 24.4 Å². The van der Waals surface area contributed by atoms with Crippen molar-refractivity contribution in [3.05, 3.63) is 77.4 Å². The molecule has 1 unspecified atom stereocenters. The smallest absolute Gasteiger partial charge is 0.255 e. The van der Waals surface area contributed by atoms with Crippen molar-refractivity contribution in [3.63, 3.8) is 0 Å². The molecule has 3 aromatic rings. The van der Waals surface area contributed by atoms with Crippen molar-refractivity contribution in [1.82, 2.24) is 0 Å². The number of amides is 2. The number of nitrogens with zero attached hydrogens (tertiary/aromatic N) is 1. The second-order valence-electron chi connectivity index (χ2n) is 8.51. The quantitative estimate of drug-likeness (QED) is 0.561. The van der Waals surface area contributed by atoms with Gasteiger partial charge in [0.15, 0.2) is 11.5 Å². The van der Waals surface area contributed by atoms with Gasteiger partial charge in [0.05, 0.1) is 11.9 Å². The van der Waals surface area contributed by atoms with Gasteiger partial charge < -0.3 is 20.1 Å². The van der Waals surface area contributed by atoms with Crippen LogP contribution in [0.3, 0.4) is 0 Å². The Labute approximate surface area is 202 Å². The Kier molecular flexibility index (Phi) is 5.60. The average Bonchev–Trinajstić information content (AvgIpc) is 3.41. The number of sulfonamides is 1. The molecule has 0 aliphatic carbocycles. The van der Waals surface area contributed by atoms with E-state index in [-0.39, 0.29) is 24.6 Å². The normalized spacial score (nSPS) is 16.1. The molecule has 0 saturated heterocycles. The van der Waals surface area contributed by atoms with E-state index in [1.807, 2.05) is 6.92 Å². The maximum atomic E-state index is 12.9. The summed E-state index contributed by atoms with van der Waals surface area (Å²) in [4.78, 5) is 25.5. The number of carbonyl (C=O) groups is 2. The predicted octanol–water partition coefficient (Wildman–Crippen LogP) is 3.63. The van der Waals surface area contributed by atoms with Gasteiger partial charge in [-0.05, 0) is 73.5 Å².